The van der Waals surface area contributed by atoms with Gasteiger partial charge in [0.2, 0.25) is 0 Å². The summed E-state index contributed by atoms with van der Waals surface area (Å²) in [5, 5.41) is 8.99. The molecule has 0 saturated carbocycles. The van der Waals surface area contributed by atoms with E-state index in [4.69, 9.17) is 11.0 Å². The molecule has 0 spiro atoms. The molecule has 0 amide bonds. The van der Waals surface area contributed by atoms with Crippen molar-refractivity contribution >= 4 is 17.1 Å². The van der Waals surface area contributed by atoms with Gasteiger partial charge in [-0.25, -0.2) is 0 Å². The van der Waals surface area contributed by atoms with Gasteiger partial charge >= 0.3 is 0 Å². The van der Waals surface area contributed by atoms with Crippen molar-refractivity contribution in [2.75, 3.05) is 41.7 Å². The topological polar surface area (TPSA) is 56.3 Å². The van der Waals surface area contributed by atoms with Gasteiger partial charge in [-0.1, -0.05) is 6.07 Å². The van der Waals surface area contributed by atoms with Crippen LogP contribution < -0.4 is 15.5 Å². The second kappa shape index (κ2) is 5.76. The molecule has 2 aromatic rings. The van der Waals surface area contributed by atoms with Gasteiger partial charge in [0, 0.05) is 43.2 Å². The maximum absolute atomic E-state index is 8.99. The van der Waals surface area contributed by atoms with E-state index in [-0.39, 0.29) is 0 Å². The van der Waals surface area contributed by atoms with Crippen LogP contribution in [0.15, 0.2) is 48.5 Å². The molecule has 2 aromatic carbocycles. The van der Waals surface area contributed by atoms with E-state index in [1.165, 1.54) is 5.69 Å². The van der Waals surface area contributed by atoms with Gasteiger partial charge < -0.3 is 15.5 Å². The lowest BCUT2D eigenvalue weighted by Gasteiger charge is -2.37. The van der Waals surface area contributed by atoms with Gasteiger partial charge in [-0.15, -0.1) is 0 Å². The summed E-state index contributed by atoms with van der Waals surface area (Å²) in [7, 11) is 0. The third kappa shape index (κ3) is 2.92. The molecule has 4 nitrogen and oxygen atoms in total. The van der Waals surface area contributed by atoms with Crippen molar-refractivity contribution < 1.29 is 0 Å². The summed E-state index contributed by atoms with van der Waals surface area (Å²) >= 11 is 0. The number of nitrogens with zero attached hydrogens (tertiary/aromatic N) is 3. The highest BCUT2D eigenvalue weighted by molar-refractivity contribution is 5.56. The molecule has 0 radical (unpaired) electrons. The summed E-state index contributed by atoms with van der Waals surface area (Å²) in [5.74, 6) is 0. The molecule has 0 bridgehead atoms. The first-order valence-electron chi connectivity index (χ1n) is 7.12. The number of piperazine rings is 1. The second-order valence-electron chi connectivity index (χ2n) is 5.23. The van der Waals surface area contributed by atoms with Crippen LogP contribution in [-0.2, 0) is 0 Å². The maximum atomic E-state index is 8.99. The highest BCUT2D eigenvalue weighted by Gasteiger charge is 2.17. The molecule has 1 saturated heterocycles. The van der Waals surface area contributed by atoms with Gasteiger partial charge in [0.1, 0.15) is 0 Å². The molecule has 0 aliphatic carbocycles. The van der Waals surface area contributed by atoms with Crippen LogP contribution in [0.5, 0.6) is 0 Å². The van der Waals surface area contributed by atoms with E-state index in [9.17, 15) is 0 Å². The molecule has 1 heterocycles. The SMILES string of the molecule is N#Cc1cccc(N2CCN(c3ccc(N)cc3)CC2)c1. The molecule has 1 aliphatic rings. The number of rotatable bonds is 2. The fraction of sp³-hybridized carbons (Fsp3) is 0.235. The Hall–Kier alpha value is -2.67. The van der Waals surface area contributed by atoms with Gasteiger partial charge in [0.25, 0.3) is 0 Å². The molecule has 0 unspecified atom stereocenters. The molecule has 1 fully saturated rings. The summed E-state index contributed by atoms with van der Waals surface area (Å²) in [4.78, 5) is 4.69. The van der Waals surface area contributed by atoms with Gasteiger partial charge in [-0.2, -0.15) is 5.26 Å². The van der Waals surface area contributed by atoms with Crippen LogP contribution in [0.3, 0.4) is 0 Å². The Morgan fingerprint density at radius 3 is 2.10 bits per heavy atom. The van der Waals surface area contributed by atoms with E-state index in [0.29, 0.717) is 5.56 Å². The number of hydrogen-bond donors (Lipinski definition) is 1. The minimum absolute atomic E-state index is 0.716. The Kier molecular flexibility index (Phi) is 3.65. The van der Waals surface area contributed by atoms with Crippen LogP contribution in [0.4, 0.5) is 17.1 Å². The second-order valence-corrected chi connectivity index (χ2v) is 5.23. The van der Waals surface area contributed by atoms with Crippen molar-refractivity contribution in [3.8, 4) is 6.07 Å². The maximum Gasteiger partial charge on any atom is 0.0992 e. The van der Waals surface area contributed by atoms with E-state index in [0.717, 1.165) is 37.6 Å². The van der Waals surface area contributed by atoms with E-state index in [1.54, 1.807) is 0 Å². The molecule has 3 rings (SSSR count). The third-order valence-electron chi connectivity index (χ3n) is 3.88. The number of benzene rings is 2. The molecule has 0 aromatic heterocycles. The molecular weight excluding hydrogens is 260 g/mol. The average Bonchev–Trinajstić information content (AvgIpc) is 2.56. The van der Waals surface area contributed by atoms with E-state index in [1.807, 2.05) is 30.3 Å². The number of anilines is 3. The van der Waals surface area contributed by atoms with Crippen molar-refractivity contribution in [3.63, 3.8) is 0 Å². The summed E-state index contributed by atoms with van der Waals surface area (Å²) in [6.07, 6.45) is 0. The average molecular weight is 278 g/mol. The predicted octanol–water partition coefficient (Wildman–Crippen LogP) is 2.47. The number of nitrogen functional groups attached to an aromatic ring is 1. The fourth-order valence-electron chi connectivity index (χ4n) is 2.68. The zero-order chi connectivity index (χ0) is 14.7. The molecule has 0 atom stereocenters. The Morgan fingerprint density at radius 2 is 1.48 bits per heavy atom. The monoisotopic (exact) mass is 278 g/mol. The Labute approximate surface area is 125 Å². The summed E-state index contributed by atoms with van der Waals surface area (Å²) in [6.45, 7) is 3.86. The quantitative estimate of drug-likeness (QED) is 0.857. The smallest absolute Gasteiger partial charge is 0.0992 e. The molecule has 4 heteroatoms. The van der Waals surface area contributed by atoms with Crippen molar-refractivity contribution in [1.82, 2.24) is 0 Å². The van der Waals surface area contributed by atoms with Gasteiger partial charge in [-0.3, -0.25) is 0 Å². The van der Waals surface area contributed by atoms with Crippen molar-refractivity contribution in [2.24, 2.45) is 0 Å². The lowest BCUT2D eigenvalue weighted by Crippen LogP contribution is -2.46. The third-order valence-corrected chi connectivity index (χ3v) is 3.88. The minimum Gasteiger partial charge on any atom is -0.399 e. The van der Waals surface area contributed by atoms with Gasteiger partial charge in [-0.05, 0) is 42.5 Å². The largest absolute Gasteiger partial charge is 0.399 e. The Morgan fingerprint density at radius 1 is 0.857 bits per heavy atom. The van der Waals surface area contributed by atoms with Crippen LogP contribution in [0.1, 0.15) is 5.56 Å². The molecule has 1 aliphatic heterocycles. The molecule has 21 heavy (non-hydrogen) atoms. The van der Waals surface area contributed by atoms with Crippen LogP contribution in [0.2, 0.25) is 0 Å². The first-order chi connectivity index (χ1) is 10.3. The predicted molar refractivity (Wildman–Crippen MR) is 86.4 cm³/mol. The van der Waals surface area contributed by atoms with Crippen LogP contribution >= 0.6 is 0 Å². The van der Waals surface area contributed by atoms with E-state index >= 15 is 0 Å². The standard InChI is InChI=1S/C17H18N4/c18-13-14-2-1-3-17(12-14)21-10-8-20(9-11-21)16-6-4-15(19)5-7-16/h1-7,12H,8-11,19H2. The van der Waals surface area contributed by atoms with E-state index < -0.39 is 0 Å². The highest BCUT2D eigenvalue weighted by atomic mass is 15.3. The van der Waals surface area contributed by atoms with Crippen LogP contribution in [0, 0.1) is 11.3 Å². The highest BCUT2D eigenvalue weighted by Crippen LogP contribution is 2.22. The van der Waals surface area contributed by atoms with Crippen LogP contribution in [-0.4, -0.2) is 26.2 Å². The van der Waals surface area contributed by atoms with Crippen molar-refractivity contribution in [1.29, 1.82) is 5.26 Å². The lowest BCUT2D eigenvalue weighted by atomic mass is 10.1. The van der Waals surface area contributed by atoms with Gasteiger partial charge in [0.15, 0.2) is 0 Å². The summed E-state index contributed by atoms with van der Waals surface area (Å²) < 4.78 is 0. The number of nitrogens with two attached hydrogens (primary N) is 1. The Bertz CT molecular complexity index is 649. The number of nitriles is 1. The van der Waals surface area contributed by atoms with E-state index in [2.05, 4.69) is 34.1 Å². The first-order valence-corrected chi connectivity index (χ1v) is 7.12. The van der Waals surface area contributed by atoms with Gasteiger partial charge in [0.05, 0.1) is 11.6 Å². The summed E-state index contributed by atoms with van der Waals surface area (Å²) in [5.41, 5.74) is 9.59. The normalized spacial score (nSPS) is 14.8. The first kappa shape index (κ1) is 13.3. The molecule has 106 valence electrons. The zero-order valence-corrected chi connectivity index (χ0v) is 11.9. The zero-order valence-electron chi connectivity index (χ0n) is 11.9. The lowest BCUT2D eigenvalue weighted by molar-refractivity contribution is 0.653. The fourth-order valence-corrected chi connectivity index (χ4v) is 2.68. The number of hydrogen-bond acceptors (Lipinski definition) is 4. The summed E-state index contributed by atoms with van der Waals surface area (Å²) in [6, 6.07) is 18.0. The Balaban J connectivity index is 1.67. The molecular formula is C17H18N4. The minimum atomic E-state index is 0.716. The molecule has 2 N–H and O–H groups in total. The van der Waals surface area contributed by atoms with Crippen LogP contribution in [0.25, 0.3) is 0 Å². The van der Waals surface area contributed by atoms with Crippen molar-refractivity contribution in [3.05, 3.63) is 54.1 Å². The van der Waals surface area contributed by atoms with Crippen molar-refractivity contribution in [2.45, 2.75) is 0 Å².